The van der Waals surface area contributed by atoms with E-state index in [1.165, 1.54) is 27.2 Å². The Balaban J connectivity index is -0.000000350. The first-order chi connectivity index (χ1) is 45.2. The summed E-state index contributed by atoms with van der Waals surface area (Å²) in [6.45, 7) is 26.5. The average Bonchev–Trinajstić information content (AvgIpc) is 2.87. The molecule has 0 aliphatic rings. The molecule has 30 nitrogen and oxygen atoms in total. The van der Waals surface area contributed by atoms with E-state index in [0.717, 1.165) is 123 Å². The summed E-state index contributed by atoms with van der Waals surface area (Å²) in [4.78, 5) is 169. The van der Waals surface area contributed by atoms with Gasteiger partial charge >= 0.3 is 66.9 Å². The minimum Gasteiger partial charge on any atom is -0.480 e. The Hall–Kier alpha value is -8.41. The number of alkyl carbamates (subject to hydrolysis) is 1. The van der Waals surface area contributed by atoms with Crippen molar-refractivity contribution in [2.75, 3.05) is 139 Å². The number of aryl methyl sites for hydroxylation is 2. The first kappa shape index (κ1) is 97.7. The number of amides is 1. The van der Waals surface area contributed by atoms with Crippen molar-refractivity contribution in [3.63, 3.8) is 0 Å². The van der Waals surface area contributed by atoms with Crippen LogP contribution in [0.25, 0.3) is 0 Å². The van der Waals surface area contributed by atoms with Gasteiger partial charge in [0.15, 0.2) is 0 Å². The molecule has 95 heavy (non-hydrogen) atoms. The van der Waals surface area contributed by atoms with E-state index in [1.807, 2.05) is 39.8 Å². The summed E-state index contributed by atoms with van der Waals surface area (Å²) >= 11 is 0. The summed E-state index contributed by atoms with van der Waals surface area (Å²) in [6, 6.07) is 17.7. The van der Waals surface area contributed by atoms with Crippen LogP contribution in [0.4, 0.5) is 4.79 Å². The van der Waals surface area contributed by atoms with E-state index in [1.54, 1.807) is 13.8 Å². The fraction of sp³-hybridized carbons (Fsp3) is 0.646. The smallest absolute Gasteiger partial charge is 0.407 e. The first-order valence-electron chi connectivity index (χ1n) is 31.0. The van der Waals surface area contributed by atoms with E-state index in [0.29, 0.717) is 52.0 Å². The van der Waals surface area contributed by atoms with Crippen LogP contribution in [0.2, 0.25) is 0 Å². The maximum absolute atomic E-state index is 12.3. The van der Waals surface area contributed by atoms with Gasteiger partial charge in [0.05, 0.1) is 39.4 Å². The van der Waals surface area contributed by atoms with Crippen molar-refractivity contribution in [2.24, 2.45) is 5.73 Å². The highest BCUT2D eigenvalue weighted by Crippen LogP contribution is 2.17. The number of unbranched alkanes of at least 4 members (excludes halogenated alkanes) is 1. The van der Waals surface area contributed by atoms with Gasteiger partial charge in [-0.3, -0.25) is 33.9 Å². The molecule has 2 rings (SSSR count). The molecule has 2 aromatic carbocycles. The molecule has 5 N–H and O–H groups in total. The number of nitrogens with two attached hydrogens (primary N) is 1. The van der Waals surface area contributed by atoms with Crippen molar-refractivity contribution in [2.45, 2.75) is 138 Å². The molecule has 1 amide bonds. The lowest BCUT2D eigenvalue weighted by atomic mass is 10.0. The summed E-state index contributed by atoms with van der Waals surface area (Å²) in [5.74, 6) is -2.65. The lowest BCUT2D eigenvalue weighted by molar-refractivity contribution is -0.193. The maximum Gasteiger partial charge on any atom is 0.407 e. The van der Waals surface area contributed by atoms with Crippen LogP contribution in [0.15, 0.2) is 48.5 Å². The summed E-state index contributed by atoms with van der Waals surface area (Å²) in [5.41, 5.74) is 10.2. The number of hydrogen-bond acceptors (Lipinski definition) is 27. The minimum absolute atomic E-state index is 0.0716. The largest absolute Gasteiger partial charge is 0.480 e. The normalized spacial score (nSPS) is 10.3. The number of carbonyl (C=O) groups is 5. The number of esters is 2. The molecule has 0 aliphatic carbocycles. The molecule has 0 aromatic heterocycles. The van der Waals surface area contributed by atoms with Crippen molar-refractivity contribution in [1.29, 1.82) is 0 Å². The predicted octanol–water partition coefficient (Wildman–Crippen LogP) is 3.05. The fourth-order valence-electron chi connectivity index (χ4n) is 8.92. The monoisotopic (exact) mass is 1350 g/mol. The van der Waals surface area contributed by atoms with Gasteiger partial charge in [-0.25, -0.2) is 4.79 Å². The topological polar surface area (TPSA) is 416 Å². The van der Waals surface area contributed by atoms with Crippen LogP contribution >= 0.6 is 0 Å². The van der Waals surface area contributed by atoms with Gasteiger partial charge in [0.1, 0.15) is 5.60 Å². The van der Waals surface area contributed by atoms with E-state index in [9.17, 15) is 24.0 Å². The number of nitrogens with zero attached hydrogens (tertiary/aromatic N) is 6. The van der Waals surface area contributed by atoms with Crippen molar-refractivity contribution < 1.29 is 106 Å². The average molecular weight is 1350 g/mol. The van der Waals surface area contributed by atoms with E-state index < -0.39 is 17.5 Å². The summed E-state index contributed by atoms with van der Waals surface area (Å²) in [7, 11) is 4.04. The second kappa shape index (κ2) is 69.9. The van der Waals surface area contributed by atoms with Gasteiger partial charge in [0.25, 0.3) is 0 Å². The third kappa shape index (κ3) is 69.8. The molecule has 30 heteroatoms. The van der Waals surface area contributed by atoms with Gasteiger partial charge in [-0.15, -0.1) is 0 Å². The molecular weight excluding hydrogens is 1240 g/mol. The van der Waals surface area contributed by atoms with Crippen LogP contribution in [-0.4, -0.2) is 257 Å². The summed E-state index contributed by atoms with van der Waals surface area (Å²) in [6.07, 6.45) is 12.3. The highest BCUT2D eigenvalue weighted by Gasteiger charge is 2.23. The zero-order valence-corrected chi connectivity index (χ0v) is 57.2. The summed E-state index contributed by atoms with van der Waals surface area (Å²) < 4.78 is 15.7. The molecule has 0 heterocycles. The Morgan fingerprint density at radius 3 is 1.19 bits per heavy atom. The second-order valence-corrected chi connectivity index (χ2v) is 21.6. The number of benzene rings is 2. The van der Waals surface area contributed by atoms with E-state index in [2.05, 4.69) is 94.2 Å². The third-order valence-electron chi connectivity index (χ3n) is 12.9. The number of ether oxygens (including phenoxy) is 3. The number of carboxylic acids is 2. The molecule has 0 bridgehead atoms. The fourth-order valence-corrected chi connectivity index (χ4v) is 8.92. The highest BCUT2D eigenvalue weighted by molar-refractivity contribution is 5.75. The van der Waals surface area contributed by atoms with Gasteiger partial charge in [-0.1, -0.05) is 69.3 Å². The molecule has 2 aromatic rings. The van der Waals surface area contributed by atoms with Crippen LogP contribution < -0.4 is 11.1 Å². The highest BCUT2D eigenvalue weighted by atomic mass is 16.6. The second-order valence-electron chi connectivity index (χ2n) is 21.6. The van der Waals surface area contributed by atoms with Gasteiger partial charge in [0, 0.05) is 64.9 Å². The Kier molecular flexibility index (Phi) is 71.9. The maximum atomic E-state index is 12.3. The van der Waals surface area contributed by atoms with E-state index >= 15 is 0 Å². The van der Waals surface area contributed by atoms with Gasteiger partial charge in [-0.05, 0) is 168 Å². The standard InChI is InChI=1S/C37H66N4O6.C22H38N4O4.6CO2/c1-9-23-39(24-10-2)25-27-41(28-26-40(29-34(42)45-12-4)30-35(43)46-13-5)33(11-3)16-14-15-31-17-19-32(20-18-31)21-22-38-36(44)47-37(6,7)8;1-24(2)13-14-25(15-16-26(17-21(27)28)18-22(29)30)12-4-3-5-19-6-8-20(9-7-19)10-11-23;6*2-1-3/h17-20,33H,9-16,21-30H2,1-8H3,(H,38,44);6-9H,3-5,10-18,23H2,1-2H3,(H,27,28)(H,29,30);;;;;;. The SMILES string of the molecule is CCCN(CCC)CCN(CCN(CC(=O)OCC)CC(=O)OCC)C(CC)CCCc1ccc(CCNC(=O)OC(C)(C)C)cc1.CN(C)CCN(CCCCc1ccc(CCN)cc1)CCN(CC(=O)O)CC(=O)O.O=C=O.O=C=O.O=C=O.O=C=O.O=C=O.O=C=O. The van der Waals surface area contributed by atoms with Crippen molar-refractivity contribution >= 4 is 66.9 Å². The molecule has 1 atom stereocenters. The van der Waals surface area contributed by atoms with Crippen molar-refractivity contribution in [1.82, 2.24) is 34.7 Å². The van der Waals surface area contributed by atoms with Crippen LogP contribution in [0, 0.1) is 0 Å². The molecule has 0 saturated carbocycles. The zero-order valence-electron chi connectivity index (χ0n) is 57.2. The Morgan fingerprint density at radius 1 is 0.474 bits per heavy atom. The number of rotatable bonds is 42. The Morgan fingerprint density at radius 2 is 0.821 bits per heavy atom. The van der Waals surface area contributed by atoms with Crippen molar-refractivity contribution in [3.05, 3.63) is 70.8 Å². The Labute approximate surface area is 558 Å². The van der Waals surface area contributed by atoms with Crippen LogP contribution in [-0.2, 0) is 117 Å². The van der Waals surface area contributed by atoms with Gasteiger partial charge in [-0.2, -0.15) is 57.5 Å². The lowest BCUT2D eigenvalue weighted by Gasteiger charge is -2.35. The summed E-state index contributed by atoms with van der Waals surface area (Å²) in [5, 5.41) is 20.8. The molecule has 536 valence electrons. The molecular formula is C65H104N8O22. The number of nitrogens with one attached hydrogen (secondary N) is 1. The molecule has 0 aliphatic heterocycles. The molecule has 0 fully saturated rings. The van der Waals surface area contributed by atoms with Crippen LogP contribution in [0.5, 0.6) is 0 Å². The Bertz CT molecular complexity index is 2350. The number of hydrogen-bond donors (Lipinski definition) is 4. The van der Waals surface area contributed by atoms with Gasteiger partial charge < -0.3 is 50.2 Å². The molecule has 0 radical (unpaired) electrons. The predicted molar refractivity (Wildman–Crippen MR) is 339 cm³/mol. The molecule has 0 spiro atoms. The molecule has 0 saturated heterocycles. The van der Waals surface area contributed by atoms with E-state index in [-0.39, 0.29) is 81.1 Å². The van der Waals surface area contributed by atoms with Crippen LogP contribution in [0.3, 0.4) is 0 Å². The van der Waals surface area contributed by atoms with Crippen molar-refractivity contribution in [3.8, 4) is 0 Å². The molecule has 1 unspecified atom stereocenters. The number of aliphatic carboxylic acids is 2. The number of carbonyl (C=O) groups excluding carboxylic acids is 15. The zero-order chi connectivity index (χ0) is 73.7. The third-order valence-corrected chi connectivity index (χ3v) is 12.9. The first-order valence-corrected chi connectivity index (χ1v) is 31.0. The van der Waals surface area contributed by atoms with Gasteiger partial charge in [0.2, 0.25) is 0 Å². The van der Waals surface area contributed by atoms with Crippen LogP contribution in [0.1, 0.15) is 123 Å². The number of likely N-dealkylation sites (N-methyl/N-ethyl adjacent to an activating group) is 1. The minimum atomic E-state index is -1.01. The number of carboxylic acid groups (broad SMARTS) is 2. The lowest BCUT2D eigenvalue weighted by Crippen LogP contribution is -2.46. The quantitative estimate of drug-likeness (QED) is 0.0421. The van der Waals surface area contributed by atoms with E-state index in [4.69, 9.17) is 87.7 Å².